The largest absolute Gasteiger partial charge is 0.369 e. The van der Waals surface area contributed by atoms with E-state index in [1.165, 1.54) is 0 Å². The van der Waals surface area contributed by atoms with Crippen molar-refractivity contribution in [1.82, 2.24) is 9.88 Å². The van der Waals surface area contributed by atoms with E-state index >= 15 is 0 Å². The number of carbonyl (C=O) groups excluding carboxylic acids is 1. The summed E-state index contributed by atoms with van der Waals surface area (Å²) in [5, 5.41) is 0. The molecule has 0 bridgehead atoms. The highest BCUT2D eigenvalue weighted by atomic mass is 35.5. The second kappa shape index (κ2) is 8.09. The van der Waals surface area contributed by atoms with Gasteiger partial charge in [-0.15, -0.1) is 12.4 Å². The lowest BCUT2D eigenvalue weighted by Crippen LogP contribution is -2.47. The number of hydrogen-bond donors (Lipinski definition) is 1. The van der Waals surface area contributed by atoms with Gasteiger partial charge in [-0.25, -0.2) is 0 Å². The number of hydrogen-bond acceptors (Lipinski definition) is 3. The van der Waals surface area contributed by atoms with Gasteiger partial charge in [0.15, 0.2) is 0 Å². The fourth-order valence-corrected chi connectivity index (χ4v) is 2.70. The van der Waals surface area contributed by atoms with Gasteiger partial charge in [0.05, 0.1) is 5.69 Å². The van der Waals surface area contributed by atoms with Crippen LogP contribution in [0.1, 0.15) is 24.6 Å². The van der Waals surface area contributed by atoms with Crippen molar-refractivity contribution in [3.8, 4) is 0 Å². The molecule has 124 valence electrons. The van der Waals surface area contributed by atoms with Gasteiger partial charge >= 0.3 is 0 Å². The third-order valence-corrected chi connectivity index (χ3v) is 4.27. The number of amides is 1. The summed E-state index contributed by atoms with van der Waals surface area (Å²) in [5.41, 5.74) is 6.54. The summed E-state index contributed by atoms with van der Waals surface area (Å²) in [6, 6.07) is 15.5. The van der Waals surface area contributed by atoms with E-state index in [0.29, 0.717) is 12.1 Å². The minimum atomic E-state index is -0.924. The molecule has 0 saturated carbocycles. The predicted molar refractivity (Wildman–Crippen MR) is 95.7 cm³/mol. The summed E-state index contributed by atoms with van der Waals surface area (Å²) in [4.78, 5) is 19.1. The second-order valence-electron chi connectivity index (χ2n) is 5.87. The molecule has 0 spiro atoms. The van der Waals surface area contributed by atoms with Crippen molar-refractivity contribution < 1.29 is 4.79 Å². The highest BCUT2D eigenvalue weighted by Gasteiger charge is 2.43. The summed E-state index contributed by atoms with van der Waals surface area (Å²) in [7, 11) is 4.00. The van der Waals surface area contributed by atoms with Crippen LogP contribution in [0.4, 0.5) is 0 Å². The zero-order valence-corrected chi connectivity index (χ0v) is 14.6. The van der Waals surface area contributed by atoms with Gasteiger partial charge < -0.3 is 10.6 Å². The van der Waals surface area contributed by atoms with Crippen molar-refractivity contribution in [2.24, 2.45) is 5.73 Å². The summed E-state index contributed by atoms with van der Waals surface area (Å²) >= 11 is 0. The number of benzene rings is 1. The molecule has 23 heavy (non-hydrogen) atoms. The van der Waals surface area contributed by atoms with Crippen molar-refractivity contribution in [3.63, 3.8) is 0 Å². The molecule has 0 aliphatic carbocycles. The Balaban J connectivity index is 0.00000264. The van der Waals surface area contributed by atoms with Crippen LogP contribution in [-0.2, 0) is 10.2 Å². The van der Waals surface area contributed by atoms with Crippen molar-refractivity contribution in [2.45, 2.75) is 24.8 Å². The minimum absolute atomic E-state index is 0. The second-order valence-corrected chi connectivity index (χ2v) is 5.87. The third kappa shape index (κ3) is 3.89. The fourth-order valence-electron chi connectivity index (χ4n) is 2.70. The molecule has 0 aliphatic rings. The number of nitrogens with two attached hydrogens (primary N) is 1. The zero-order chi connectivity index (χ0) is 16.2. The van der Waals surface area contributed by atoms with Gasteiger partial charge in [-0.3, -0.25) is 9.78 Å². The maximum Gasteiger partial charge on any atom is 0.234 e. The number of halogens is 1. The molecule has 1 aromatic heterocycles. The number of rotatable bonds is 6. The molecule has 2 atom stereocenters. The molecule has 0 saturated heterocycles. The monoisotopic (exact) mass is 333 g/mol. The summed E-state index contributed by atoms with van der Waals surface area (Å²) < 4.78 is 0. The van der Waals surface area contributed by atoms with Gasteiger partial charge in [-0.1, -0.05) is 36.4 Å². The standard InChI is InChI=1S/C18H23N3O.ClH/c1-14(21(2)3)13-18(17(19)22,15-9-5-4-6-10-15)16-11-7-8-12-20-16;/h4-12,14H,13H2,1-3H3,(H2,19,22);1H. The van der Waals surface area contributed by atoms with E-state index in [-0.39, 0.29) is 24.4 Å². The Hall–Kier alpha value is -1.91. The molecule has 2 unspecified atom stereocenters. The van der Waals surface area contributed by atoms with Crippen LogP contribution in [0, 0.1) is 0 Å². The average molecular weight is 334 g/mol. The number of nitrogens with zero attached hydrogens (tertiary/aromatic N) is 2. The molecule has 0 aliphatic heterocycles. The Morgan fingerprint density at radius 2 is 1.78 bits per heavy atom. The number of pyridine rings is 1. The number of aromatic nitrogens is 1. The highest BCUT2D eigenvalue weighted by Crippen LogP contribution is 2.36. The van der Waals surface area contributed by atoms with Crippen LogP contribution in [0.15, 0.2) is 54.7 Å². The van der Waals surface area contributed by atoms with Crippen LogP contribution in [0.25, 0.3) is 0 Å². The zero-order valence-electron chi connectivity index (χ0n) is 13.8. The van der Waals surface area contributed by atoms with Gasteiger partial charge in [-0.05, 0) is 45.1 Å². The van der Waals surface area contributed by atoms with Crippen LogP contribution in [0.3, 0.4) is 0 Å². The average Bonchev–Trinajstić information content (AvgIpc) is 2.53. The van der Waals surface area contributed by atoms with E-state index in [1.54, 1.807) is 6.20 Å². The molecular formula is C18H24ClN3O. The molecule has 2 rings (SSSR count). The van der Waals surface area contributed by atoms with Gasteiger partial charge in [0.2, 0.25) is 5.91 Å². The molecule has 0 radical (unpaired) electrons. The van der Waals surface area contributed by atoms with E-state index in [1.807, 2.05) is 62.6 Å². The van der Waals surface area contributed by atoms with Crippen molar-refractivity contribution >= 4 is 18.3 Å². The van der Waals surface area contributed by atoms with Crippen molar-refractivity contribution in [1.29, 1.82) is 0 Å². The maximum absolute atomic E-state index is 12.5. The predicted octanol–water partition coefficient (Wildman–Crippen LogP) is 2.62. The minimum Gasteiger partial charge on any atom is -0.369 e. The maximum atomic E-state index is 12.5. The van der Waals surface area contributed by atoms with Crippen LogP contribution in [-0.4, -0.2) is 35.9 Å². The molecule has 0 fully saturated rings. The Kier molecular flexibility index (Phi) is 6.73. The highest BCUT2D eigenvalue weighted by molar-refractivity contribution is 5.90. The van der Waals surface area contributed by atoms with Gasteiger partial charge in [0.1, 0.15) is 5.41 Å². The molecule has 4 nitrogen and oxygen atoms in total. The molecule has 2 N–H and O–H groups in total. The first-order valence-corrected chi connectivity index (χ1v) is 7.42. The molecule has 1 aromatic carbocycles. The van der Waals surface area contributed by atoms with E-state index < -0.39 is 5.41 Å². The van der Waals surface area contributed by atoms with Crippen LogP contribution in [0.5, 0.6) is 0 Å². The molecule has 5 heteroatoms. The first-order valence-electron chi connectivity index (χ1n) is 7.42. The van der Waals surface area contributed by atoms with E-state index in [9.17, 15) is 4.79 Å². The number of primary amides is 1. The lowest BCUT2D eigenvalue weighted by Gasteiger charge is -2.35. The molecular weight excluding hydrogens is 310 g/mol. The molecule has 1 heterocycles. The van der Waals surface area contributed by atoms with Gasteiger partial charge in [0, 0.05) is 12.2 Å². The van der Waals surface area contributed by atoms with Crippen LogP contribution >= 0.6 is 12.4 Å². The third-order valence-electron chi connectivity index (χ3n) is 4.27. The lowest BCUT2D eigenvalue weighted by molar-refractivity contribution is -0.122. The molecule has 2 aromatic rings. The van der Waals surface area contributed by atoms with E-state index in [4.69, 9.17) is 5.73 Å². The van der Waals surface area contributed by atoms with Crippen molar-refractivity contribution in [2.75, 3.05) is 14.1 Å². The Morgan fingerprint density at radius 3 is 2.26 bits per heavy atom. The fraction of sp³-hybridized carbons (Fsp3) is 0.333. The Morgan fingerprint density at radius 1 is 1.17 bits per heavy atom. The lowest BCUT2D eigenvalue weighted by atomic mass is 9.72. The van der Waals surface area contributed by atoms with Gasteiger partial charge in [-0.2, -0.15) is 0 Å². The van der Waals surface area contributed by atoms with Crippen LogP contribution < -0.4 is 5.73 Å². The first kappa shape index (κ1) is 19.1. The summed E-state index contributed by atoms with van der Waals surface area (Å²) in [5.74, 6) is -0.369. The summed E-state index contributed by atoms with van der Waals surface area (Å²) in [6.07, 6.45) is 2.28. The first-order chi connectivity index (χ1) is 10.5. The van der Waals surface area contributed by atoms with E-state index in [0.717, 1.165) is 5.56 Å². The SMILES string of the molecule is CC(CC(C(N)=O)(c1ccccc1)c1ccccn1)N(C)C.Cl. The smallest absolute Gasteiger partial charge is 0.234 e. The van der Waals surface area contributed by atoms with Crippen molar-refractivity contribution in [3.05, 3.63) is 66.0 Å². The Bertz CT molecular complexity index is 577. The Labute approximate surface area is 144 Å². The van der Waals surface area contributed by atoms with Crippen LogP contribution in [0.2, 0.25) is 0 Å². The molecule has 1 amide bonds. The quantitative estimate of drug-likeness (QED) is 0.884. The topological polar surface area (TPSA) is 59.2 Å². The summed E-state index contributed by atoms with van der Waals surface area (Å²) in [6.45, 7) is 2.09. The normalized spacial score (nSPS) is 14.6. The number of carbonyl (C=O) groups is 1. The van der Waals surface area contributed by atoms with Gasteiger partial charge in [0.25, 0.3) is 0 Å². The van der Waals surface area contributed by atoms with E-state index in [2.05, 4.69) is 16.8 Å².